The van der Waals surface area contributed by atoms with Crippen molar-refractivity contribution in [3.8, 4) is 0 Å². The van der Waals surface area contributed by atoms with E-state index in [1.54, 1.807) is 0 Å². The third-order valence-electron chi connectivity index (χ3n) is 3.79. The van der Waals surface area contributed by atoms with Crippen LogP contribution < -0.4 is 5.32 Å². The Hall–Kier alpha value is -0.280. The van der Waals surface area contributed by atoms with Crippen LogP contribution in [0.4, 0.5) is 0 Å². The fraction of sp³-hybridized carbons (Fsp3) is 0.909. The highest BCUT2D eigenvalue weighted by atomic mass is 35.5. The van der Waals surface area contributed by atoms with Crippen LogP contribution in [-0.4, -0.2) is 26.2 Å². The van der Waals surface area contributed by atoms with Crippen LogP contribution in [0.25, 0.3) is 0 Å². The van der Waals surface area contributed by atoms with Gasteiger partial charge in [-0.05, 0) is 50.1 Å². The highest BCUT2D eigenvalue weighted by Crippen LogP contribution is 2.52. The molecule has 0 aromatic rings. The normalized spacial score (nSPS) is 24.1. The van der Waals surface area contributed by atoms with Gasteiger partial charge in [0.25, 0.3) is 0 Å². The topological polar surface area (TPSA) is 38.3 Å². The molecule has 88 valence electrons. The first kappa shape index (κ1) is 12.8. The van der Waals surface area contributed by atoms with Crippen molar-refractivity contribution >= 4 is 18.4 Å². The van der Waals surface area contributed by atoms with E-state index in [4.69, 9.17) is 0 Å². The molecule has 1 N–H and O–H groups in total. The fourth-order valence-electron chi connectivity index (χ4n) is 2.99. The third-order valence-corrected chi connectivity index (χ3v) is 3.79. The summed E-state index contributed by atoms with van der Waals surface area (Å²) in [5.41, 5.74) is 0.587. The molecule has 4 heteroatoms. The van der Waals surface area contributed by atoms with Crippen LogP contribution in [0.2, 0.25) is 0 Å². The van der Waals surface area contributed by atoms with E-state index < -0.39 is 0 Å². The van der Waals surface area contributed by atoms with Gasteiger partial charge in [0.15, 0.2) is 0 Å². The molecule has 0 amide bonds. The van der Waals surface area contributed by atoms with Crippen molar-refractivity contribution in [2.45, 2.75) is 32.1 Å². The summed E-state index contributed by atoms with van der Waals surface area (Å²) in [6, 6.07) is 0. The minimum Gasteiger partial charge on any atom is -0.469 e. The molecule has 0 aromatic heterocycles. The van der Waals surface area contributed by atoms with Gasteiger partial charge in [0.2, 0.25) is 0 Å². The van der Waals surface area contributed by atoms with E-state index in [1.807, 2.05) is 0 Å². The van der Waals surface area contributed by atoms with Crippen molar-refractivity contribution in [2.75, 3.05) is 20.2 Å². The summed E-state index contributed by atoms with van der Waals surface area (Å²) in [5, 5.41) is 3.38. The van der Waals surface area contributed by atoms with Gasteiger partial charge in [0.1, 0.15) is 0 Å². The Bertz CT molecular complexity index is 219. The second-order valence-electron chi connectivity index (χ2n) is 4.80. The Morgan fingerprint density at radius 1 is 1.40 bits per heavy atom. The largest absolute Gasteiger partial charge is 0.469 e. The van der Waals surface area contributed by atoms with Crippen molar-refractivity contribution in [2.24, 2.45) is 11.3 Å². The first-order chi connectivity index (χ1) is 6.74. The lowest BCUT2D eigenvalue weighted by Crippen LogP contribution is -2.45. The molecule has 2 rings (SSSR count). The Kier molecular flexibility index (Phi) is 4.41. The first-order valence-corrected chi connectivity index (χ1v) is 5.52. The van der Waals surface area contributed by atoms with Crippen molar-refractivity contribution < 1.29 is 9.53 Å². The number of esters is 1. The van der Waals surface area contributed by atoms with Gasteiger partial charge in [-0.2, -0.15) is 0 Å². The SMILES string of the molecule is COC(=O)CC1CC2(CCNCC2)C1.Cl. The maximum Gasteiger partial charge on any atom is 0.305 e. The summed E-state index contributed by atoms with van der Waals surface area (Å²) in [7, 11) is 1.47. The molecule has 1 saturated carbocycles. The average Bonchev–Trinajstić information content (AvgIpc) is 2.17. The number of ether oxygens (including phenoxy) is 1. The average molecular weight is 234 g/mol. The third kappa shape index (κ3) is 2.85. The summed E-state index contributed by atoms with van der Waals surface area (Å²) >= 11 is 0. The lowest BCUT2D eigenvalue weighted by molar-refractivity contribution is -0.144. The molecule has 0 aromatic carbocycles. The second-order valence-corrected chi connectivity index (χ2v) is 4.80. The van der Waals surface area contributed by atoms with Crippen LogP contribution in [-0.2, 0) is 9.53 Å². The van der Waals surface area contributed by atoms with Gasteiger partial charge in [-0.25, -0.2) is 0 Å². The molecule has 2 fully saturated rings. The predicted octanol–water partition coefficient (Wildman–Crippen LogP) is 1.75. The zero-order chi connectivity index (χ0) is 10.0. The predicted molar refractivity (Wildman–Crippen MR) is 61.1 cm³/mol. The van der Waals surface area contributed by atoms with Crippen LogP contribution in [0.15, 0.2) is 0 Å². The number of carbonyl (C=O) groups excluding carboxylic acids is 1. The summed E-state index contributed by atoms with van der Waals surface area (Å²) in [4.78, 5) is 11.1. The van der Waals surface area contributed by atoms with Gasteiger partial charge in [-0.15, -0.1) is 12.4 Å². The van der Waals surface area contributed by atoms with E-state index in [0.717, 1.165) is 13.1 Å². The molecular weight excluding hydrogens is 214 g/mol. The molecule has 2 aliphatic rings. The number of piperidine rings is 1. The second kappa shape index (κ2) is 5.17. The highest BCUT2D eigenvalue weighted by molar-refractivity contribution is 5.85. The van der Waals surface area contributed by atoms with Crippen molar-refractivity contribution in [1.82, 2.24) is 5.32 Å². The van der Waals surface area contributed by atoms with Gasteiger partial charge >= 0.3 is 5.97 Å². The molecule has 1 aliphatic heterocycles. The van der Waals surface area contributed by atoms with E-state index in [9.17, 15) is 4.79 Å². The maximum absolute atomic E-state index is 11.1. The molecule has 0 atom stereocenters. The smallest absolute Gasteiger partial charge is 0.305 e. The van der Waals surface area contributed by atoms with Crippen LogP contribution in [0.1, 0.15) is 32.1 Å². The fourth-order valence-corrected chi connectivity index (χ4v) is 2.99. The molecular formula is C11H20ClNO2. The highest BCUT2D eigenvalue weighted by Gasteiger charge is 2.44. The summed E-state index contributed by atoms with van der Waals surface area (Å²) in [5.74, 6) is 0.555. The number of hydrogen-bond donors (Lipinski definition) is 1. The number of rotatable bonds is 2. The van der Waals surface area contributed by atoms with Crippen LogP contribution in [0.5, 0.6) is 0 Å². The molecule has 1 aliphatic carbocycles. The van der Waals surface area contributed by atoms with Crippen LogP contribution >= 0.6 is 12.4 Å². The number of hydrogen-bond acceptors (Lipinski definition) is 3. The van der Waals surface area contributed by atoms with E-state index >= 15 is 0 Å². The van der Waals surface area contributed by atoms with Gasteiger partial charge < -0.3 is 10.1 Å². The lowest BCUT2D eigenvalue weighted by Gasteiger charge is -2.50. The standard InChI is InChI=1S/C11H19NO2.ClH/c1-14-10(13)6-9-7-11(8-9)2-4-12-5-3-11;/h9,12H,2-8H2,1H3;1H. The van der Waals surface area contributed by atoms with Gasteiger partial charge in [0, 0.05) is 6.42 Å². The quantitative estimate of drug-likeness (QED) is 0.739. The number of nitrogens with one attached hydrogen (secondary N) is 1. The minimum absolute atomic E-state index is 0. The molecule has 0 bridgehead atoms. The van der Waals surface area contributed by atoms with Gasteiger partial charge in [-0.1, -0.05) is 0 Å². The Morgan fingerprint density at radius 3 is 2.53 bits per heavy atom. The van der Waals surface area contributed by atoms with Gasteiger partial charge in [-0.3, -0.25) is 4.79 Å². The number of carbonyl (C=O) groups is 1. The zero-order valence-corrected chi connectivity index (χ0v) is 10.1. The molecule has 15 heavy (non-hydrogen) atoms. The Labute approximate surface area is 97.4 Å². The van der Waals surface area contributed by atoms with E-state index in [-0.39, 0.29) is 18.4 Å². The van der Waals surface area contributed by atoms with Gasteiger partial charge in [0.05, 0.1) is 7.11 Å². The number of methoxy groups -OCH3 is 1. The maximum atomic E-state index is 11.1. The van der Waals surface area contributed by atoms with Crippen molar-refractivity contribution in [3.05, 3.63) is 0 Å². The Balaban J connectivity index is 0.00000112. The van der Waals surface area contributed by atoms with E-state index in [1.165, 1.54) is 32.8 Å². The molecule has 1 saturated heterocycles. The number of halogens is 1. The van der Waals surface area contributed by atoms with Crippen LogP contribution in [0, 0.1) is 11.3 Å². The monoisotopic (exact) mass is 233 g/mol. The molecule has 3 nitrogen and oxygen atoms in total. The molecule has 1 heterocycles. The Morgan fingerprint density at radius 2 is 2.00 bits per heavy atom. The molecule has 1 spiro atoms. The molecule has 0 unspecified atom stereocenters. The first-order valence-electron chi connectivity index (χ1n) is 5.52. The minimum atomic E-state index is -0.0428. The summed E-state index contributed by atoms with van der Waals surface area (Å²) < 4.78 is 4.68. The van der Waals surface area contributed by atoms with E-state index in [0.29, 0.717) is 17.8 Å². The van der Waals surface area contributed by atoms with Crippen molar-refractivity contribution in [1.29, 1.82) is 0 Å². The lowest BCUT2D eigenvalue weighted by atomic mass is 9.57. The van der Waals surface area contributed by atoms with Crippen LogP contribution in [0.3, 0.4) is 0 Å². The van der Waals surface area contributed by atoms with E-state index in [2.05, 4.69) is 10.1 Å². The molecule has 0 radical (unpaired) electrons. The summed E-state index contributed by atoms with van der Waals surface area (Å²) in [6.07, 6.45) is 5.70. The zero-order valence-electron chi connectivity index (χ0n) is 9.25. The van der Waals surface area contributed by atoms with Crippen molar-refractivity contribution in [3.63, 3.8) is 0 Å². The summed E-state index contributed by atoms with van der Waals surface area (Å²) in [6.45, 7) is 2.32.